The number of amides is 3. The topological polar surface area (TPSA) is 111 Å². The lowest BCUT2D eigenvalue weighted by Gasteiger charge is -2.25. The molecule has 148 valence electrons. The lowest BCUT2D eigenvalue weighted by molar-refractivity contribution is -0.129. The maximum absolute atomic E-state index is 13.0. The number of hydrogen-bond acceptors (Lipinski definition) is 5. The van der Waals surface area contributed by atoms with E-state index in [1.54, 1.807) is 38.4 Å². The number of nitrogens with two attached hydrogens (primary N) is 1. The maximum Gasteiger partial charge on any atom is 0.405 e. The number of benzene rings is 2. The lowest BCUT2D eigenvalue weighted by Crippen LogP contribution is -2.49. The molecule has 0 spiro atoms. The summed E-state index contributed by atoms with van der Waals surface area (Å²) in [4.78, 5) is 37.2. The summed E-state index contributed by atoms with van der Waals surface area (Å²) in [7, 11) is 3.18. The van der Waals surface area contributed by atoms with Crippen molar-refractivity contribution in [1.82, 2.24) is 5.32 Å². The highest BCUT2D eigenvalue weighted by atomic mass is 16.5. The molecular weight excluding hydrogens is 362 g/mol. The molecule has 2 aromatic carbocycles. The Morgan fingerprint density at radius 3 is 2.29 bits per heavy atom. The molecule has 0 bridgehead atoms. The molecule has 3 amide bonds. The fourth-order valence-electron chi connectivity index (χ4n) is 2.59. The van der Waals surface area contributed by atoms with E-state index in [2.05, 4.69) is 10.1 Å². The number of nitrogens with zero attached hydrogens (tertiary/aromatic N) is 1. The SMILES string of the molecule is COc1ccc(N(C)C(=O)C(Cc2ccccc2)NC(=O)COC(N)=O)cc1. The molecule has 0 saturated carbocycles. The minimum Gasteiger partial charge on any atom is -0.497 e. The number of carbonyl (C=O) groups is 3. The van der Waals surface area contributed by atoms with Gasteiger partial charge in [-0.1, -0.05) is 30.3 Å². The third-order valence-electron chi connectivity index (χ3n) is 4.05. The zero-order valence-electron chi connectivity index (χ0n) is 15.8. The molecule has 0 aliphatic heterocycles. The summed E-state index contributed by atoms with van der Waals surface area (Å²) in [6, 6.07) is 15.4. The van der Waals surface area contributed by atoms with Gasteiger partial charge >= 0.3 is 6.09 Å². The number of likely N-dealkylation sites (N-methyl/N-ethyl adjacent to an activating group) is 1. The van der Waals surface area contributed by atoms with Crippen LogP contribution >= 0.6 is 0 Å². The van der Waals surface area contributed by atoms with E-state index >= 15 is 0 Å². The van der Waals surface area contributed by atoms with Gasteiger partial charge in [0.25, 0.3) is 5.91 Å². The average Bonchev–Trinajstić information content (AvgIpc) is 2.71. The van der Waals surface area contributed by atoms with Gasteiger partial charge in [-0.05, 0) is 29.8 Å². The summed E-state index contributed by atoms with van der Waals surface area (Å²) in [6.07, 6.45) is -0.779. The number of methoxy groups -OCH3 is 1. The normalized spacial score (nSPS) is 11.2. The van der Waals surface area contributed by atoms with Gasteiger partial charge in [-0.15, -0.1) is 0 Å². The highest BCUT2D eigenvalue weighted by Crippen LogP contribution is 2.19. The second kappa shape index (κ2) is 9.96. The molecule has 28 heavy (non-hydrogen) atoms. The molecule has 0 saturated heterocycles. The number of carbonyl (C=O) groups excluding carboxylic acids is 3. The van der Waals surface area contributed by atoms with Crippen molar-refractivity contribution in [3.8, 4) is 5.75 Å². The van der Waals surface area contributed by atoms with E-state index in [0.717, 1.165) is 5.56 Å². The quantitative estimate of drug-likeness (QED) is 0.715. The largest absolute Gasteiger partial charge is 0.497 e. The van der Waals surface area contributed by atoms with Gasteiger partial charge in [0.1, 0.15) is 11.8 Å². The van der Waals surface area contributed by atoms with Crippen LogP contribution in [-0.4, -0.2) is 44.7 Å². The molecule has 0 radical (unpaired) electrons. The van der Waals surface area contributed by atoms with Crippen molar-refractivity contribution < 1.29 is 23.9 Å². The molecule has 1 unspecified atom stereocenters. The Morgan fingerprint density at radius 2 is 1.71 bits per heavy atom. The molecule has 2 rings (SSSR count). The van der Waals surface area contributed by atoms with Crippen molar-refractivity contribution in [2.24, 2.45) is 5.73 Å². The van der Waals surface area contributed by atoms with E-state index < -0.39 is 24.6 Å². The molecule has 0 aliphatic rings. The Bertz CT molecular complexity index is 808. The van der Waals surface area contributed by atoms with Crippen LogP contribution in [0.4, 0.5) is 10.5 Å². The summed E-state index contributed by atoms with van der Waals surface area (Å²) in [5.74, 6) is -0.264. The molecule has 0 fully saturated rings. The Morgan fingerprint density at radius 1 is 1.07 bits per heavy atom. The van der Waals surface area contributed by atoms with Crippen LogP contribution in [0.25, 0.3) is 0 Å². The van der Waals surface area contributed by atoms with Crippen LogP contribution in [0.3, 0.4) is 0 Å². The minimum absolute atomic E-state index is 0.280. The summed E-state index contributed by atoms with van der Waals surface area (Å²) >= 11 is 0. The molecule has 8 heteroatoms. The number of anilines is 1. The summed E-state index contributed by atoms with van der Waals surface area (Å²) < 4.78 is 9.62. The Kier molecular flexibility index (Phi) is 7.38. The van der Waals surface area contributed by atoms with Crippen LogP contribution in [0.2, 0.25) is 0 Å². The predicted octanol–water partition coefficient (Wildman–Crippen LogP) is 1.48. The van der Waals surface area contributed by atoms with Crippen molar-refractivity contribution in [3.05, 3.63) is 60.2 Å². The molecule has 0 aliphatic carbocycles. The third kappa shape index (κ3) is 6.01. The van der Waals surface area contributed by atoms with Crippen LogP contribution in [0, 0.1) is 0 Å². The zero-order chi connectivity index (χ0) is 20.5. The maximum atomic E-state index is 13.0. The van der Waals surface area contributed by atoms with Crippen LogP contribution in [-0.2, 0) is 20.7 Å². The lowest BCUT2D eigenvalue weighted by atomic mass is 10.0. The third-order valence-corrected chi connectivity index (χ3v) is 4.05. The van der Waals surface area contributed by atoms with Crippen molar-refractivity contribution in [1.29, 1.82) is 0 Å². The van der Waals surface area contributed by atoms with Crippen LogP contribution in [0.1, 0.15) is 5.56 Å². The minimum atomic E-state index is -1.06. The van der Waals surface area contributed by atoms with Crippen molar-refractivity contribution >= 4 is 23.6 Å². The van der Waals surface area contributed by atoms with E-state index in [1.165, 1.54) is 4.90 Å². The second-order valence-electron chi connectivity index (χ2n) is 6.01. The predicted molar refractivity (Wildman–Crippen MR) is 104 cm³/mol. The van der Waals surface area contributed by atoms with Crippen LogP contribution in [0.15, 0.2) is 54.6 Å². The zero-order valence-corrected chi connectivity index (χ0v) is 15.8. The summed E-state index contributed by atoms with van der Waals surface area (Å²) in [5.41, 5.74) is 6.40. The van der Waals surface area contributed by atoms with E-state index in [0.29, 0.717) is 11.4 Å². The number of primary amides is 1. The van der Waals surface area contributed by atoms with Crippen molar-refractivity contribution in [2.45, 2.75) is 12.5 Å². The van der Waals surface area contributed by atoms with Gasteiger partial charge < -0.3 is 25.4 Å². The molecule has 3 N–H and O–H groups in total. The first-order valence-electron chi connectivity index (χ1n) is 8.58. The molecule has 2 aromatic rings. The number of nitrogens with one attached hydrogen (secondary N) is 1. The summed E-state index contributed by atoms with van der Waals surface area (Å²) in [6.45, 7) is -0.555. The fraction of sp³-hybridized carbons (Fsp3) is 0.250. The van der Waals surface area contributed by atoms with Gasteiger partial charge in [0.15, 0.2) is 6.61 Å². The Balaban J connectivity index is 2.16. The molecular formula is C20H23N3O5. The average molecular weight is 385 g/mol. The summed E-state index contributed by atoms with van der Waals surface area (Å²) in [5, 5.41) is 2.61. The van der Waals surface area contributed by atoms with Gasteiger partial charge in [-0.2, -0.15) is 0 Å². The van der Waals surface area contributed by atoms with Crippen LogP contribution < -0.4 is 20.7 Å². The second-order valence-corrected chi connectivity index (χ2v) is 6.01. The van der Waals surface area contributed by atoms with Gasteiger partial charge in [0, 0.05) is 19.2 Å². The smallest absolute Gasteiger partial charge is 0.405 e. The number of hydrogen-bond donors (Lipinski definition) is 2. The number of rotatable bonds is 8. The molecule has 0 heterocycles. The van der Waals surface area contributed by atoms with Gasteiger partial charge in [-0.3, -0.25) is 9.59 Å². The first-order chi connectivity index (χ1) is 13.4. The van der Waals surface area contributed by atoms with E-state index in [1.807, 2.05) is 30.3 Å². The Labute approximate surface area is 163 Å². The van der Waals surface area contributed by atoms with E-state index in [9.17, 15) is 14.4 Å². The molecule has 8 nitrogen and oxygen atoms in total. The first-order valence-corrected chi connectivity index (χ1v) is 8.58. The molecule has 1 atom stereocenters. The van der Waals surface area contributed by atoms with Gasteiger partial charge in [0.05, 0.1) is 7.11 Å². The van der Waals surface area contributed by atoms with Crippen molar-refractivity contribution in [3.63, 3.8) is 0 Å². The number of ether oxygens (including phenoxy) is 2. The monoisotopic (exact) mass is 385 g/mol. The van der Waals surface area contributed by atoms with Crippen molar-refractivity contribution in [2.75, 3.05) is 25.7 Å². The first kappa shape index (κ1) is 20.8. The standard InChI is InChI=1S/C20H23N3O5/c1-23(15-8-10-16(27-2)11-9-15)19(25)17(12-14-6-4-3-5-7-14)22-18(24)13-28-20(21)26/h3-11,17H,12-13H2,1-2H3,(H2,21,26)(H,22,24). The Hall–Kier alpha value is -3.55. The fourth-order valence-corrected chi connectivity index (χ4v) is 2.59. The highest BCUT2D eigenvalue weighted by molar-refractivity contribution is 5.99. The highest BCUT2D eigenvalue weighted by Gasteiger charge is 2.25. The van der Waals surface area contributed by atoms with E-state index in [4.69, 9.17) is 10.5 Å². The van der Waals surface area contributed by atoms with Gasteiger partial charge in [-0.25, -0.2) is 4.79 Å². The van der Waals surface area contributed by atoms with E-state index in [-0.39, 0.29) is 12.3 Å². The van der Waals surface area contributed by atoms with Gasteiger partial charge in [0.2, 0.25) is 5.91 Å². The molecule has 0 aromatic heterocycles. The van der Waals surface area contributed by atoms with Crippen LogP contribution in [0.5, 0.6) is 5.75 Å².